The number of anilines is 2. The molecular weight excluding hydrogens is 336 g/mol. The Balaban J connectivity index is 1.98. The number of nitrogens with one attached hydrogen (secondary N) is 2. The summed E-state index contributed by atoms with van der Waals surface area (Å²) in [6.07, 6.45) is 0. The van der Waals surface area contributed by atoms with Crippen LogP contribution >= 0.6 is 0 Å². The molecule has 1 heterocycles. The summed E-state index contributed by atoms with van der Waals surface area (Å²) in [4.78, 5) is 12.3. The molecule has 25 heavy (non-hydrogen) atoms. The molecule has 1 aliphatic rings. The van der Waals surface area contributed by atoms with Crippen LogP contribution in [-0.2, 0) is 14.8 Å². The number of hydrogen-bond acceptors (Lipinski definition) is 3. The van der Waals surface area contributed by atoms with E-state index in [0.29, 0.717) is 11.4 Å². The van der Waals surface area contributed by atoms with E-state index in [1.165, 1.54) is 6.07 Å². The largest absolute Gasteiger partial charge is 0.325 e. The normalized spacial score (nSPS) is 16.7. The average Bonchev–Trinajstić information content (AvgIpc) is 2.80. The molecule has 0 aromatic heterocycles. The first-order valence-electron chi connectivity index (χ1n) is 8.23. The molecule has 0 saturated heterocycles. The van der Waals surface area contributed by atoms with Gasteiger partial charge in [0.25, 0.3) is 10.0 Å². The van der Waals surface area contributed by atoms with E-state index < -0.39 is 10.0 Å². The number of carbonyl (C=O) groups excluding carboxylic acids is 1. The molecule has 1 amide bonds. The van der Waals surface area contributed by atoms with Gasteiger partial charge in [-0.05, 0) is 66.8 Å². The molecule has 3 rings (SSSR count). The highest BCUT2D eigenvalue weighted by Gasteiger charge is 2.34. The topological polar surface area (TPSA) is 75.3 Å². The van der Waals surface area contributed by atoms with Gasteiger partial charge in [-0.2, -0.15) is 0 Å². The Kier molecular flexibility index (Phi) is 4.33. The molecule has 1 unspecified atom stereocenters. The van der Waals surface area contributed by atoms with Crippen molar-refractivity contribution in [2.24, 2.45) is 5.92 Å². The minimum absolute atomic E-state index is 0.0817. The van der Waals surface area contributed by atoms with E-state index in [1.807, 2.05) is 33.8 Å². The van der Waals surface area contributed by atoms with Crippen LogP contribution in [0.3, 0.4) is 0 Å². The van der Waals surface area contributed by atoms with Crippen LogP contribution in [0, 0.1) is 19.8 Å². The fourth-order valence-corrected chi connectivity index (χ4v) is 4.42. The van der Waals surface area contributed by atoms with Crippen molar-refractivity contribution in [3.05, 3.63) is 53.1 Å². The van der Waals surface area contributed by atoms with Gasteiger partial charge in [0.15, 0.2) is 0 Å². The maximum atomic E-state index is 12.8. The number of hydrogen-bond donors (Lipinski definition) is 2. The number of sulfonamides is 1. The minimum atomic E-state index is -3.72. The molecule has 0 spiro atoms. The summed E-state index contributed by atoms with van der Waals surface area (Å²) in [6, 6.07) is 10.3. The van der Waals surface area contributed by atoms with Gasteiger partial charge in [0.1, 0.15) is 0 Å². The van der Waals surface area contributed by atoms with Gasteiger partial charge in [0.2, 0.25) is 5.91 Å². The first-order valence-corrected chi connectivity index (χ1v) is 9.71. The Hall–Kier alpha value is -2.34. The highest BCUT2D eigenvalue weighted by atomic mass is 32.2. The molecule has 0 saturated carbocycles. The highest BCUT2D eigenvalue weighted by Crippen LogP contribution is 2.38. The van der Waals surface area contributed by atoms with Crippen LogP contribution in [-0.4, -0.2) is 14.3 Å². The molecule has 1 atom stereocenters. The molecule has 0 fully saturated rings. The first-order chi connectivity index (χ1) is 11.7. The van der Waals surface area contributed by atoms with Crippen LogP contribution in [0.25, 0.3) is 0 Å². The van der Waals surface area contributed by atoms with Gasteiger partial charge in [-0.3, -0.25) is 9.52 Å². The van der Waals surface area contributed by atoms with Crippen molar-refractivity contribution in [2.75, 3.05) is 10.0 Å². The molecule has 2 aromatic carbocycles. The van der Waals surface area contributed by atoms with E-state index in [9.17, 15) is 13.2 Å². The maximum absolute atomic E-state index is 12.8. The Labute approximate surface area is 148 Å². The van der Waals surface area contributed by atoms with Gasteiger partial charge in [-0.25, -0.2) is 8.42 Å². The lowest BCUT2D eigenvalue weighted by Gasteiger charge is -2.14. The molecule has 0 radical (unpaired) electrons. The van der Waals surface area contributed by atoms with Gasteiger partial charge in [0, 0.05) is 11.4 Å². The second kappa shape index (κ2) is 6.19. The quantitative estimate of drug-likeness (QED) is 0.873. The fraction of sp³-hybridized carbons (Fsp3) is 0.316. The summed E-state index contributed by atoms with van der Waals surface area (Å²) in [5.41, 5.74) is 3.94. The van der Waals surface area contributed by atoms with E-state index in [2.05, 4.69) is 10.0 Å². The summed E-state index contributed by atoms with van der Waals surface area (Å²) in [5.74, 6) is -0.320. The van der Waals surface area contributed by atoms with Crippen molar-refractivity contribution in [1.82, 2.24) is 0 Å². The highest BCUT2D eigenvalue weighted by molar-refractivity contribution is 7.92. The van der Waals surface area contributed by atoms with Crippen LogP contribution in [0.4, 0.5) is 11.4 Å². The summed E-state index contributed by atoms with van der Waals surface area (Å²) < 4.78 is 28.2. The van der Waals surface area contributed by atoms with Crippen molar-refractivity contribution in [1.29, 1.82) is 0 Å². The second-order valence-corrected chi connectivity index (χ2v) is 8.62. The van der Waals surface area contributed by atoms with Gasteiger partial charge >= 0.3 is 0 Å². The Morgan fingerprint density at radius 1 is 1.04 bits per heavy atom. The summed E-state index contributed by atoms with van der Waals surface area (Å²) in [6.45, 7) is 7.75. The predicted octanol–water partition coefficient (Wildman–Crippen LogP) is 3.80. The second-order valence-electron chi connectivity index (χ2n) is 6.94. The molecule has 6 heteroatoms. The van der Waals surface area contributed by atoms with Gasteiger partial charge in [-0.1, -0.05) is 19.9 Å². The third-order valence-electron chi connectivity index (χ3n) is 4.35. The number of fused-ring (bicyclic) bond motifs is 1. The number of benzene rings is 2. The van der Waals surface area contributed by atoms with Crippen molar-refractivity contribution < 1.29 is 13.2 Å². The molecule has 0 aliphatic carbocycles. The molecule has 132 valence electrons. The summed E-state index contributed by atoms with van der Waals surface area (Å²) >= 11 is 0. The zero-order valence-electron chi connectivity index (χ0n) is 14.8. The number of carbonyl (C=O) groups is 1. The monoisotopic (exact) mass is 358 g/mol. The lowest BCUT2D eigenvalue weighted by molar-refractivity contribution is -0.117. The number of amides is 1. The maximum Gasteiger partial charge on any atom is 0.261 e. The number of rotatable bonds is 4. The molecule has 2 aromatic rings. The van der Waals surface area contributed by atoms with E-state index in [0.717, 1.165) is 16.7 Å². The van der Waals surface area contributed by atoms with Crippen LogP contribution in [0.15, 0.2) is 41.3 Å². The minimum Gasteiger partial charge on any atom is -0.325 e. The van der Waals surface area contributed by atoms with E-state index in [-0.39, 0.29) is 22.6 Å². The van der Waals surface area contributed by atoms with Crippen LogP contribution in [0.5, 0.6) is 0 Å². The van der Waals surface area contributed by atoms with Crippen LogP contribution < -0.4 is 10.0 Å². The Morgan fingerprint density at radius 2 is 1.68 bits per heavy atom. The van der Waals surface area contributed by atoms with Crippen molar-refractivity contribution >= 4 is 27.3 Å². The third kappa shape index (κ3) is 3.39. The standard InChI is InChI=1S/C19H22N2O3S/c1-11(2)18-16-10-15(5-6-17(16)20-19(18)22)25(23,24)21-14-8-12(3)7-13(4)9-14/h5-11,18,21H,1-4H3,(H,20,22). The predicted molar refractivity (Wildman–Crippen MR) is 99.4 cm³/mol. The SMILES string of the molecule is Cc1cc(C)cc(NS(=O)(=O)c2ccc3c(c2)C(C(C)C)C(=O)N3)c1. The molecule has 0 bridgehead atoms. The molecular formula is C19H22N2O3S. The average molecular weight is 358 g/mol. The Morgan fingerprint density at radius 3 is 2.28 bits per heavy atom. The third-order valence-corrected chi connectivity index (χ3v) is 5.73. The van der Waals surface area contributed by atoms with E-state index in [1.54, 1.807) is 24.3 Å². The van der Waals surface area contributed by atoms with Gasteiger partial charge in [0.05, 0.1) is 10.8 Å². The van der Waals surface area contributed by atoms with Crippen molar-refractivity contribution in [3.8, 4) is 0 Å². The van der Waals surface area contributed by atoms with Crippen molar-refractivity contribution in [3.63, 3.8) is 0 Å². The van der Waals surface area contributed by atoms with E-state index >= 15 is 0 Å². The zero-order chi connectivity index (χ0) is 18.4. The number of aryl methyl sites for hydroxylation is 2. The zero-order valence-corrected chi connectivity index (χ0v) is 15.6. The summed E-state index contributed by atoms with van der Waals surface area (Å²) in [7, 11) is -3.72. The van der Waals surface area contributed by atoms with Gasteiger partial charge < -0.3 is 5.32 Å². The lowest BCUT2D eigenvalue weighted by Crippen LogP contribution is -2.17. The molecule has 1 aliphatic heterocycles. The molecule has 2 N–H and O–H groups in total. The van der Waals surface area contributed by atoms with Crippen molar-refractivity contribution in [2.45, 2.75) is 38.5 Å². The van der Waals surface area contributed by atoms with Crippen LogP contribution in [0.1, 0.15) is 36.5 Å². The lowest BCUT2D eigenvalue weighted by atomic mass is 9.90. The fourth-order valence-electron chi connectivity index (χ4n) is 3.34. The summed E-state index contributed by atoms with van der Waals surface area (Å²) in [5, 5.41) is 2.82. The molecule has 5 nitrogen and oxygen atoms in total. The van der Waals surface area contributed by atoms with Crippen LogP contribution in [0.2, 0.25) is 0 Å². The Bertz CT molecular complexity index is 929. The van der Waals surface area contributed by atoms with E-state index in [4.69, 9.17) is 0 Å². The first kappa shape index (κ1) is 17.5. The van der Waals surface area contributed by atoms with Gasteiger partial charge in [-0.15, -0.1) is 0 Å². The smallest absolute Gasteiger partial charge is 0.261 e.